The number of aromatic nitrogens is 3. The third-order valence-corrected chi connectivity index (χ3v) is 6.62. The largest absolute Gasteiger partial charge is 0.437 e. The predicted molar refractivity (Wildman–Crippen MR) is 150 cm³/mol. The molecule has 0 bridgehead atoms. The fourth-order valence-corrected chi connectivity index (χ4v) is 4.55. The molecule has 1 aliphatic heterocycles. The Labute approximate surface area is 218 Å². The third-order valence-electron chi connectivity index (χ3n) is 6.62. The maximum Gasteiger partial charge on any atom is 0.228 e. The zero-order chi connectivity index (χ0) is 25.6. The van der Waals surface area contributed by atoms with E-state index in [-0.39, 0.29) is 5.92 Å². The Hall–Kier alpha value is -4.15. The van der Waals surface area contributed by atoms with Gasteiger partial charge in [0.15, 0.2) is 0 Å². The van der Waals surface area contributed by atoms with Crippen LogP contribution in [0.3, 0.4) is 0 Å². The van der Waals surface area contributed by atoms with Crippen LogP contribution in [-0.4, -0.2) is 40.6 Å². The lowest BCUT2D eigenvalue weighted by molar-refractivity contribution is 0.466. The van der Waals surface area contributed by atoms with Gasteiger partial charge in [-0.25, -0.2) is 15.0 Å². The van der Waals surface area contributed by atoms with Gasteiger partial charge in [0, 0.05) is 53.9 Å². The predicted octanol–water partition coefficient (Wildman–Crippen LogP) is 5.64. The van der Waals surface area contributed by atoms with E-state index in [1.807, 2.05) is 38.1 Å². The molecule has 0 amide bonds. The van der Waals surface area contributed by atoms with Gasteiger partial charge in [0.25, 0.3) is 0 Å². The minimum atomic E-state index is 0.133. The van der Waals surface area contributed by atoms with Gasteiger partial charge in [-0.05, 0) is 63.1 Å². The second-order valence-electron chi connectivity index (χ2n) is 9.47. The van der Waals surface area contributed by atoms with Crippen LogP contribution in [0.4, 0.5) is 11.6 Å². The monoisotopic (exact) mass is 492 g/mol. The van der Waals surface area contributed by atoms with E-state index >= 15 is 0 Å². The molecule has 37 heavy (non-hydrogen) atoms. The van der Waals surface area contributed by atoms with Gasteiger partial charge in [0.05, 0.1) is 11.3 Å². The summed E-state index contributed by atoms with van der Waals surface area (Å²) in [5.74, 6) is 4.79. The Morgan fingerprint density at radius 2 is 2.03 bits per heavy atom. The Morgan fingerprint density at radius 3 is 2.86 bits per heavy atom. The molecule has 1 saturated heterocycles. The molecule has 0 radical (unpaired) electrons. The Balaban J connectivity index is 1.46. The van der Waals surface area contributed by atoms with Crippen molar-refractivity contribution < 1.29 is 4.74 Å². The number of anilines is 2. The van der Waals surface area contributed by atoms with Gasteiger partial charge < -0.3 is 20.7 Å². The number of hydrogen-bond donors (Lipinski definition) is 3. The van der Waals surface area contributed by atoms with Crippen LogP contribution in [0, 0.1) is 25.2 Å². The van der Waals surface area contributed by atoms with Gasteiger partial charge in [0.2, 0.25) is 11.8 Å². The fourth-order valence-electron chi connectivity index (χ4n) is 4.55. The van der Waals surface area contributed by atoms with Crippen molar-refractivity contribution in [3.63, 3.8) is 0 Å². The van der Waals surface area contributed by atoms with Gasteiger partial charge in [-0.2, -0.15) is 0 Å². The number of terminal acetylenes is 1. The smallest absolute Gasteiger partial charge is 0.228 e. The van der Waals surface area contributed by atoms with Crippen LogP contribution in [-0.2, 0) is 0 Å². The number of nitrogens with one attached hydrogen (secondary N) is 3. The van der Waals surface area contributed by atoms with E-state index in [0.29, 0.717) is 24.4 Å². The van der Waals surface area contributed by atoms with Gasteiger partial charge in [-0.3, -0.25) is 0 Å². The minimum Gasteiger partial charge on any atom is -0.437 e. The van der Waals surface area contributed by atoms with Crippen LogP contribution in [0.25, 0.3) is 22.0 Å². The summed E-state index contributed by atoms with van der Waals surface area (Å²) in [6.45, 7) is 6.74. The molecule has 2 aromatic heterocycles. The second kappa shape index (κ2) is 11.3. The van der Waals surface area contributed by atoms with Crippen LogP contribution in [0.2, 0.25) is 0 Å². The molecule has 3 heterocycles. The molecule has 1 aliphatic rings. The molecule has 7 heteroatoms. The van der Waals surface area contributed by atoms with E-state index < -0.39 is 0 Å². The summed E-state index contributed by atoms with van der Waals surface area (Å²) in [4.78, 5) is 13.8. The number of rotatable bonds is 8. The van der Waals surface area contributed by atoms with Crippen molar-refractivity contribution in [2.75, 3.05) is 30.3 Å². The number of fused-ring (bicyclic) bond motifs is 1. The highest BCUT2D eigenvalue weighted by Gasteiger charge is 2.17. The molecule has 3 N–H and O–H groups in total. The summed E-state index contributed by atoms with van der Waals surface area (Å²) in [6.07, 6.45) is 11.3. The summed E-state index contributed by atoms with van der Waals surface area (Å²) >= 11 is 0. The topological polar surface area (TPSA) is 84.0 Å². The van der Waals surface area contributed by atoms with E-state index in [1.165, 1.54) is 0 Å². The van der Waals surface area contributed by atoms with E-state index in [1.54, 1.807) is 12.4 Å². The highest BCUT2D eigenvalue weighted by Crippen LogP contribution is 2.38. The molecule has 7 nitrogen and oxygen atoms in total. The first-order valence-electron chi connectivity index (χ1n) is 12.8. The van der Waals surface area contributed by atoms with Crippen LogP contribution in [0.5, 0.6) is 11.6 Å². The maximum atomic E-state index is 6.54. The summed E-state index contributed by atoms with van der Waals surface area (Å²) in [7, 11) is 0. The van der Waals surface area contributed by atoms with Crippen LogP contribution < -0.4 is 20.7 Å². The number of aryl methyl sites for hydroxylation is 1. The lowest BCUT2D eigenvalue weighted by Gasteiger charge is -2.23. The first-order valence-corrected chi connectivity index (χ1v) is 12.8. The van der Waals surface area contributed by atoms with Gasteiger partial charge >= 0.3 is 0 Å². The Morgan fingerprint density at radius 1 is 1.11 bits per heavy atom. The lowest BCUT2D eigenvalue weighted by atomic mass is 10.0. The number of hydrogen-bond acceptors (Lipinski definition) is 7. The SMILES string of the molecule is C#C[C@H](C)CNc1cccc2c(Oc3ncccc3-c3ccnc(N[C@H]4CCCNC4)n3)c(C)ccc12. The number of benzene rings is 2. The highest BCUT2D eigenvalue weighted by atomic mass is 16.5. The molecule has 1 fully saturated rings. The summed E-state index contributed by atoms with van der Waals surface area (Å²) in [6, 6.07) is 16.4. The van der Waals surface area contributed by atoms with E-state index in [2.05, 4.69) is 56.1 Å². The first kappa shape index (κ1) is 24.5. The number of piperidine rings is 1. The average Bonchev–Trinajstić information content (AvgIpc) is 2.94. The van der Waals surface area contributed by atoms with E-state index in [0.717, 1.165) is 65.0 Å². The lowest BCUT2D eigenvalue weighted by Crippen LogP contribution is -2.38. The molecule has 188 valence electrons. The van der Waals surface area contributed by atoms with Crippen molar-refractivity contribution in [1.29, 1.82) is 0 Å². The van der Waals surface area contributed by atoms with Gasteiger partial charge in [0.1, 0.15) is 5.75 Å². The molecule has 2 atom stereocenters. The van der Waals surface area contributed by atoms with Crippen molar-refractivity contribution in [2.45, 2.75) is 32.7 Å². The normalized spacial score (nSPS) is 16.1. The average molecular weight is 493 g/mol. The van der Waals surface area contributed by atoms with E-state index in [9.17, 15) is 0 Å². The molecular formula is C30H32N6O. The molecule has 4 aromatic rings. The molecule has 0 spiro atoms. The summed E-state index contributed by atoms with van der Waals surface area (Å²) in [5.41, 5.74) is 3.61. The summed E-state index contributed by atoms with van der Waals surface area (Å²) in [5, 5.41) is 12.4. The Kier molecular flexibility index (Phi) is 7.48. The van der Waals surface area contributed by atoms with Gasteiger partial charge in [-0.1, -0.05) is 24.3 Å². The van der Waals surface area contributed by atoms with Crippen LogP contribution in [0.1, 0.15) is 25.3 Å². The molecule has 0 aliphatic carbocycles. The van der Waals surface area contributed by atoms with Crippen molar-refractivity contribution >= 4 is 22.4 Å². The van der Waals surface area contributed by atoms with Crippen LogP contribution >= 0.6 is 0 Å². The zero-order valence-corrected chi connectivity index (χ0v) is 21.3. The quantitative estimate of drug-likeness (QED) is 0.275. The van der Waals surface area contributed by atoms with Crippen LogP contribution in [0.15, 0.2) is 60.9 Å². The molecular weight excluding hydrogens is 460 g/mol. The fraction of sp³-hybridized carbons (Fsp3) is 0.300. The highest BCUT2D eigenvalue weighted by molar-refractivity contribution is 5.98. The van der Waals surface area contributed by atoms with Crippen molar-refractivity contribution in [2.24, 2.45) is 5.92 Å². The van der Waals surface area contributed by atoms with E-state index in [4.69, 9.17) is 16.1 Å². The van der Waals surface area contributed by atoms with Gasteiger partial charge in [-0.15, -0.1) is 12.3 Å². The zero-order valence-electron chi connectivity index (χ0n) is 21.3. The summed E-state index contributed by atoms with van der Waals surface area (Å²) < 4.78 is 6.54. The maximum absolute atomic E-state index is 6.54. The Bertz CT molecular complexity index is 1420. The molecule has 0 unspecified atom stereocenters. The molecule has 2 aromatic carbocycles. The molecule has 0 saturated carbocycles. The first-order chi connectivity index (χ1) is 18.1. The number of nitrogens with zero attached hydrogens (tertiary/aromatic N) is 3. The minimum absolute atomic E-state index is 0.133. The van der Waals surface area contributed by atoms with Crippen molar-refractivity contribution in [3.05, 3.63) is 66.5 Å². The number of ether oxygens (including phenoxy) is 1. The second-order valence-corrected chi connectivity index (χ2v) is 9.47. The molecule has 5 rings (SSSR count). The van der Waals surface area contributed by atoms with Crippen molar-refractivity contribution in [1.82, 2.24) is 20.3 Å². The van der Waals surface area contributed by atoms with Crippen molar-refractivity contribution in [3.8, 4) is 35.2 Å². The number of pyridine rings is 1. The standard InChI is InChI=1S/C30H32N6O/c1-4-20(2)18-34-26-11-5-9-24-23(26)13-12-21(3)28(24)37-29-25(10-7-16-32-29)27-14-17-33-30(36-27)35-22-8-6-15-31-19-22/h1,5,7,9-14,16-17,20,22,31,34H,6,8,15,18-19H2,2-3H3,(H,33,35,36)/t20-,22-/m0/s1. The third kappa shape index (κ3) is 5.65.